The summed E-state index contributed by atoms with van der Waals surface area (Å²) in [6, 6.07) is 13.6. The van der Waals surface area contributed by atoms with Crippen LogP contribution in [0.5, 0.6) is 11.5 Å². The monoisotopic (exact) mass is 351 g/mol. The van der Waals surface area contributed by atoms with Crippen molar-refractivity contribution in [1.29, 1.82) is 0 Å². The Labute approximate surface area is 151 Å². The Morgan fingerprint density at radius 2 is 1.96 bits per heavy atom. The molecule has 0 bridgehead atoms. The summed E-state index contributed by atoms with van der Waals surface area (Å²) in [4.78, 5) is 17.0. The molecule has 1 amide bonds. The van der Waals surface area contributed by atoms with E-state index < -0.39 is 0 Å². The van der Waals surface area contributed by atoms with Crippen LogP contribution in [0.25, 0.3) is 11.0 Å². The molecule has 4 rings (SSSR count). The van der Waals surface area contributed by atoms with E-state index in [1.54, 1.807) is 0 Å². The number of nitrogens with zero attached hydrogens (tertiary/aromatic N) is 2. The van der Waals surface area contributed by atoms with Crippen molar-refractivity contribution < 1.29 is 14.3 Å². The van der Waals surface area contributed by atoms with Crippen LogP contribution >= 0.6 is 0 Å². The maximum atomic E-state index is 12.3. The third-order valence-corrected chi connectivity index (χ3v) is 4.46. The number of amides is 1. The van der Waals surface area contributed by atoms with Gasteiger partial charge in [-0.05, 0) is 36.8 Å². The van der Waals surface area contributed by atoms with Gasteiger partial charge in [0, 0.05) is 6.54 Å². The molecular weight excluding hydrogens is 330 g/mol. The van der Waals surface area contributed by atoms with Crippen LogP contribution in [-0.2, 0) is 24.3 Å². The third kappa shape index (κ3) is 3.22. The maximum Gasteiger partial charge on any atom is 0.224 e. The van der Waals surface area contributed by atoms with E-state index in [4.69, 9.17) is 9.47 Å². The highest BCUT2D eigenvalue weighted by atomic mass is 16.6. The van der Waals surface area contributed by atoms with Crippen molar-refractivity contribution >= 4 is 16.9 Å². The van der Waals surface area contributed by atoms with Gasteiger partial charge in [0.25, 0.3) is 0 Å². The summed E-state index contributed by atoms with van der Waals surface area (Å²) in [5.41, 5.74) is 2.94. The summed E-state index contributed by atoms with van der Waals surface area (Å²) in [7, 11) is 0. The Morgan fingerprint density at radius 1 is 1.15 bits per heavy atom. The molecule has 2 aromatic carbocycles. The summed E-state index contributed by atoms with van der Waals surface area (Å²) in [5, 5.41) is 2.97. The van der Waals surface area contributed by atoms with E-state index in [9.17, 15) is 4.79 Å². The minimum absolute atomic E-state index is 0.0450. The number of aromatic nitrogens is 2. The number of imidazole rings is 1. The number of para-hydroxylation sites is 2. The lowest BCUT2D eigenvalue weighted by atomic mass is 10.1. The molecule has 1 aliphatic heterocycles. The molecule has 0 radical (unpaired) electrons. The van der Waals surface area contributed by atoms with E-state index in [1.165, 1.54) is 0 Å². The quantitative estimate of drug-likeness (QED) is 0.768. The normalized spacial score (nSPS) is 13.0. The molecule has 6 heteroatoms. The van der Waals surface area contributed by atoms with Crippen LogP contribution in [0.15, 0.2) is 42.5 Å². The Balaban J connectivity index is 1.43. The second-order valence-electron chi connectivity index (χ2n) is 6.19. The molecule has 0 atom stereocenters. The molecule has 1 aliphatic rings. The van der Waals surface area contributed by atoms with Gasteiger partial charge in [0.2, 0.25) is 5.91 Å². The average Bonchev–Trinajstić information content (AvgIpc) is 3.04. The Bertz CT molecular complexity index is 949. The van der Waals surface area contributed by atoms with E-state index in [1.807, 2.05) is 42.5 Å². The lowest BCUT2D eigenvalue weighted by Crippen LogP contribution is -2.26. The van der Waals surface area contributed by atoms with Gasteiger partial charge in [-0.15, -0.1) is 0 Å². The molecule has 1 aromatic heterocycles. The summed E-state index contributed by atoms with van der Waals surface area (Å²) >= 11 is 0. The average molecular weight is 351 g/mol. The standard InChI is InChI=1S/C20H21N3O3/c1-2-23-16-6-4-3-5-15(16)22-19(23)13-21-20(24)12-14-7-8-17-18(11-14)26-10-9-25-17/h3-8,11H,2,9-10,12-13H2,1H3,(H,21,24). The van der Waals surface area contributed by atoms with Crippen LogP contribution in [-0.4, -0.2) is 28.7 Å². The first-order chi connectivity index (χ1) is 12.7. The number of ether oxygens (including phenoxy) is 2. The molecule has 0 saturated carbocycles. The first-order valence-corrected chi connectivity index (χ1v) is 8.84. The fourth-order valence-electron chi connectivity index (χ4n) is 3.24. The molecule has 6 nitrogen and oxygen atoms in total. The van der Waals surface area contributed by atoms with Gasteiger partial charge in [-0.2, -0.15) is 0 Å². The van der Waals surface area contributed by atoms with Crippen molar-refractivity contribution in [2.45, 2.75) is 26.4 Å². The first kappa shape index (κ1) is 16.4. The summed E-state index contributed by atoms with van der Waals surface area (Å²) < 4.78 is 13.2. The molecular formula is C20H21N3O3. The number of carbonyl (C=O) groups is 1. The van der Waals surface area contributed by atoms with Crippen molar-refractivity contribution in [2.75, 3.05) is 13.2 Å². The molecule has 3 aromatic rings. The van der Waals surface area contributed by atoms with Crippen LogP contribution in [0.2, 0.25) is 0 Å². The van der Waals surface area contributed by atoms with Crippen LogP contribution in [0, 0.1) is 0 Å². The molecule has 0 aliphatic carbocycles. The van der Waals surface area contributed by atoms with Gasteiger partial charge in [0.15, 0.2) is 11.5 Å². The zero-order valence-electron chi connectivity index (χ0n) is 14.7. The highest BCUT2D eigenvalue weighted by Gasteiger charge is 2.14. The third-order valence-electron chi connectivity index (χ3n) is 4.46. The van der Waals surface area contributed by atoms with Crippen LogP contribution in [0.1, 0.15) is 18.3 Å². The largest absolute Gasteiger partial charge is 0.486 e. The lowest BCUT2D eigenvalue weighted by Gasteiger charge is -2.18. The Hall–Kier alpha value is -3.02. The molecule has 0 spiro atoms. The van der Waals surface area contributed by atoms with Crippen molar-refractivity contribution in [3.05, 3.63) is 53.9 Å². The highest BCUT2D eigenvalue weighted by molar-refractivity contribution is 5.79. The zero-order valence-corrected chi connectivity index (χ0v) is 14.7. The zero-order chi connectivity index (χ0) is 17.9. The van der Waals surface area contributed by atoms with Gasteiger partial charge in [0.05, 0.1) is 24.0 Å². The number of rotatable bonds is 5. The molecule has 1 N–H and O–H groups in total. The fraction of sp³-hybridized carbons (Fsp3) is 0.300. The van der Waals surface area contributed by atoms with Crippen molar-refractivity contribution in [3.63, 3.8) is 0 Å². The first-order valence-electron chi connectivity index (χ1n) is 8.84. The molecule has 0 unspecified atom stereocenters. The summed E-state index contributed by atoms with van der Waals surface area (Å²) in [6.45, 7) is 4.40. The predicted molar refractivity (Wildman–Crippen MR) is 98.4 cm³/mol. The van der Waals surface area contributed by atoms with Crippen molar-refractivity contribution in [2.24, 2.45) is 0 Å². The Kier molecular flexibility index (Phi) is 4.48. The van der Waals surface area contributed by atoms with Gasteiger partial charge in [-0.1, -0.05) is 18.2 Å². The molecule has 2 heterocycles. The van der Waals surface area contributed by atoms with Gasteiger partial charge in [0.1, 0.15) is 19.0 Å². The lowest BCUT2D eigenvalue weighted by molar-refractivity contribution is -0.120. The Morgan fingerprint density at radius 3 is 2.81 bits per heavy atom. The number of benzene rings is 2. The predicted octanol–water partition coefficient (Wildman–Crippen LogP) is 2.69. The van der Waals surface area contributed by atoms with Crippen LogP contribution in [0.3, 0.4) is 0 Å². The van der Waals surface area contributed by atoms with Gasteiger partial charge < -0.3 is 19.4 Å². The SMILES string of the molecule is CCn1c(CNC(=O)Cc2ccc3c(c2)OCCO3)nc2ccccc21. The number of fused-ring (bicyclic) bond motifs is 2. The topological polar surface area (TPSA) is 65.4 Å². The van der Waals surface area contributed by atoms with E-state index in [2.05, 4.69) is 21.8 Å². The second kappa shape index (κ2) is 7.07. The maximum absolute atomic E-state index is 12.3. The van der Waals surface area contributed by atoms with E-state index in [0.29, 0.717) is 31.9 Å². The van der Waals surface area contributed by atoms with Crippen LogP contribution in [0.4, 0.5) is 0 Å². The number of hydrogen-bond donors (Lipinski definition) is 1. The van der Waals surface area contributed by atoms with Gasteiger partial charge in [-0.3, -0.25) is 4.79 Å². The van der Waals surface area contributed by atoms with Crippen LogP contribution < -0.4 is 14.8 Å². The molecule has 0 saturated heterocycles. The van der Waals surface area contributed by atoms with E-state index >= 15 is 0 Å². The summed E-state index contributed by atoms with van der Waals surface area (Å²) in [6.07, 6.45) is 0.295. The minimum atomic E-state index is -0.0450. The molecule has 134 valence electrons. The van der Waals surface area contributed by atoms with Gasteiger partial charge >= 0.3 is 0 Å². The number of hydrogen-bond acceptors (Lipinski definition) is 4. The number of carbonyl (C=O) groups excluding carboxylic acids is 1. The van der Waals surface area contributed by atoms with E-state index in [0.717, 1.165) is 34.7 Å². The highest BCUT2D eigenvalue weighted by Crippen LogP contribution is 2.30. The smallest absolute Gasteiger partial charge is 0.224 e. The number of aryl methyl sites for hydroxylation is 1. The van der Waals surface area contributed by atoms with E-state index in [-0.39, 0.29) is 5.91 Å². The van der Waals surface area contributed by atoms with Gasteiger partial charge in [-0.25, -0.2) is 4.98 Å². The minimum Gasteiger partial charge on any atom is -0.486 e. The number of nitrogens with one attached hydrogen (secondary N) is 1. The summed E-state index contributed by atoms with van der Waals surface area (Å²) in [5.74, 6) is 2.26. The van der Waals surface area contributed by atoms with Crippen molar-refractivity contribution in [1.82, 2.24) is 14.9 Å². The van der Waals surface area contributed by atoms with Crippen molar-refractivity contribution in [3.8, 4) is 11.5 Å². The fourth-order valence-corrected chi connectivity index (χ4v) is 3.24. The molecule has 26 heavy (non-hydrogen) atoms. The second-order valence-corrected chi connectivity index (χ2v) is 6.19. The molecule has 0 fully saturated rings.